The number of ether oxygens (including phenoxy) is 2. The zero-order chi connectivity index (χ0) is 16.2. The quantitative estimate of drug-likeness (QED) is 0.889. The van der Waals surface area contributed by atoms with Crippen LogP contribution in [0, 0.1) is 5.82 Å². The number of hydrogen-bond acceptors (Lipinski definition) is 3. The van der Waals surface area contributed by atoms with Gasteiger partial charge in [-0.1, -0.05) is 35.3 Å². The Morgan fingerprint density at radius 1 is 1.17 bits per heavy atom. The van der Waals surface area contributed by atoms with Crippen molar-refractivity contribution in [1.29, 1.82) is 0 Å². The van der Waals surface area contributed by atoms with E-state index in [1.165, 1.54) is 18.2 Å². The van der Waals surface area contributed by atoms with E-state index >= 15 is 0 Å². The molecular weight excluding hydrogens is 340 g/mol. The Morgan fingerprint density at radius 3 is 2.61 bits per heavy atom. The maximum Gasteiger partial charge on any atom is 0.151 e. The molecule has 0 aliphatic carbocycles. The third kappa shape index (κ3) is 4.15. The van der Waals surface area contributed by atoms with Crippen LogP contribution in [0.15, 0.2) is 42.5 Å². The molecule has 2 aromatic carbocycles. The van der Waals surface area contributed by atoms with Gasteiger partial charge in [0, 0.05) is 18.1 Å². The fourth-order valence-electron chi connectivity index (χ4n) is 2.50. The molecule has 23 heavy (non-hydrogen) atoms. The van der Waals surface area contributed by atoms with Gasteiger partial charge in [-0.15, -0.1) is 0 Å². The topological polar surface area (TPSA) is 30.5 Å². The fourth-order valence-corrected chi connectivity index (χ4v) is 2.84. The van der Waals surface area contributed by atoms with E-state index in [1.807, 2.05) is 12.1 Å². The van der Waals surface area contributed by atoms with Gasteiger partial charge in [0.15, 0.2) is 6.10 Å². The molecule has 0 aromatic heterocycles. The summed E-state index contributed by atoms with van der Waals surface area (Å²) in [4.78, 5) is 0. The van der Waals surface area contributed by atoms with Gasteiger partial charge in [0.1, 0.15) is 17.7 Å². The molecule has 0 spiro atoms. The number of benzene rings is 2. The molecule has 1 saturated heterocycles. The van der Waals surface area contributed by atoms with Crippen LogP contribution in [0.1, 0.15) is 11.7 Å². The van der Waals surface area contributed by atoms with Gasteiger partial charge >= 0.3 is 0 Å². The van der Waals surface area contributed by atoms with E-state index in [1.54, 1.807) is 12.1 Å². The lowest BCUT2D eigenvalue weighted by molar-refractivity contribution is -0.0432. The number of rotatable bonds is 4. The zero-order valence-electron chi connectivity index (χ0n) is 12.3. The first-order valence-corrected chi connectivity index (χ1v) is 8.08. The molecule has 0 radical (unpaired) electrons. The first kappa shape index (κ1) is 16.5. The molecule has 0 unspecified atom stereocenters. The molecule has 1 fully saturated rings. The molecule has 0 amide bonds. The average Bonchev–Trinajstić information content (AvgIpc) is 2.56. The van der Waals surface area contributed by atoms with Gasteiger partial charge in [0.2, 0.25) is 0 Å². The van der Waals surface area contributed by atoms with Crippen LogP contribution in [0.3, 0.4) is 0 Å². The largest absolute Gasteiger partial charge is 0.481 e. The highest BCUT2D eigenvalue weighted by atomic mass is 35.5. The summed E-state index contributed by atoms with van der Waals surface area (Å²) < 4.78 is 25.1. The Bertz CT molecular complexity index is 660. The lowest BCUT2D eigenvalue weighted by Gasteiger charge is -2.32. The first-order valence-electron chi connectivity index (χ1n) is 7.33. The van der Waals surface area contributed by atoms with E-state index in [0.717, 1.165) is 12.1 Å². The Morgan fingerprint density at radius 2 is 1.96 bits per heavy atom. The van der Waals surface area contributed by atoms with Crippen molar-refractivity contribution < 1.29 is 13.9 Å². The highest BCUT2D eigenvalue weighted by Crippen LogP contribution is 2.32. The van der Waals surface area contributed by atoms with Crippen molar-refractivity contribution in [1.82, 2.24) is 5.32 Å². The number of halogens is 3. The van der Waals surface area contributed by atoms with Gasteiger partial charge in [-0.05, 0) is 35.9 Å². The SMILES string of the molecule is Fc1ccc(O[C@@H](c2ccc(Cl)cc2)[C@@H]2CNCCO2)c(Cl)c1. The highest BCUT2D eigenvalue weighted by molar-refractivity contribution is 6.32. The Balaban J connectivity index is 1.89. The van der Waals surface area contributed by atoms with Gasteiger partial charge < -0.3 is 14.8 Å². The predicted molar refractivity (Wildman–Crippen MR) is 88.8 cm³/mol. The van der Waals surface area contributed by atoms with Gasteiger partial charge in [-0.3, -0.25) is 0 Å². The van der Waals surface area contributed by atoms with Crippen LogP contribution in [0.5, 0.6) is 5.75 Å². The molecule has 3 rings (SSSR count). The standard InChI is InChI=1S/C17H16Cl2FNO2/c18-12-3-1-11(2-4-12)17(16-10-21-7-8-22-16)23-15-6-5-13(20)9-14(15)19/h1-6,9,16-17,21H,7-8,10H2/t16-,17-/m0/s1. The van der Waals surface area contributed by atoms with E-state index in [9.17, 15) is 4.39 Å². The minimum absolute atomic E-state index is 0.175. The summed E-state index contributed by atoms with van der Waals surface area (Å²) in [5.41, 5.74) is 0.920. The Hall–Kier alpha value is -1.33. The van der Waals surface area contributed by atoms with E-state index in [0.29, 0.717) is 23.9 Å². The van der Waals surface area contributed by atoms with Crippen molar-refractivity contribution in [3.63, 3.8) is 0 Å². The summed E-state index contributed by atoms with van der Waals surface area (Å²) in [7, 11) is 0. The van der Waals surface area contributed by atoms with E-state index < -0.39 is 5.82 Å². The van der Waals surface area contributed by atoms with Crippen molar-refractivity contribution in [2.75, 3.05) is 19.7 Å². The molecule has 2 atom stereocenters. The van der Waals surface area contributed by atoms with Gasteiger partial charge in [-0.2, -0.15) is 0 Å². The van der Waals surface area contributed by atoms with Crippen LogP contribution in [0.25, 0.3) is 0 Å². The Labute approximate surface area is 144 Å². The lowest BCUT2D eigenvalue weighted by Crippen LogP contribution is -2.43. The van der Waals surface area contributed by atoms with Crippen molar-refractivity contribution >= 4 is 23.2 Å². The van der Waals surface area contributed by atoms with Crippen LogP contribution < -0.4 is 10.1 Å². The van der Waals surface area contributed by atoms with Gasteiger partial charge in [0.25, 0.3) is 0 Å². The third-order valence-electron chi connectivity index (χ3n) is 3.64. The van der Waals surface area contributed by atoms with Crippen LogP contribution >= 0.6 is 23.2 Å². The van der Waals surface area contributed by atoms with Crippen LogP contribution in [0.4, 0.5) is 4.39 Å². The number of hydrogen-bond donors (Lipinski definition) is 1. The minimum atomic E-state index is -0.402. The van der Waals surface area contributed by atoms with Crippen molar-refractivity contribution in [3.8, 4) is 5.75 Å². The molecule has 6 heteroatoms. The summed E-state index contributed by atoms with van der Waals surface area (Å²) in [5.74, 6) is 0.0168. The van der Waals surface area contributed by atoms with E-state index in [2.05, 4.69) is 5.32 Å². The normalized spacial score (nSPS) is 19.3. The summed E-state index contributed by atoms with van der Waals surface area (Å²) in [6.07, 6.45) is -0.547. The molecule has 122 valence electrons. The maximum absolute atomic E-state index is 13.2. The summed E-state index contributed by atoms with van der Waals surface area (Å²) >= 11 is 12.0. The molecule has 3 nitrogen and oxygen atoms in total. The van der Waals surface area contributed by atoms with Crippen molar-refractivity contribution in [3.05, 3.63) is 63.9 Å². The fraction of sp³-hybridized carbons (Fsp3) is 0.294. The van der Waals surface area contributed by atoms with Crippen molar-refractivity contribution in [2.45, 2.75) is 12.2 Å². The smallest absolute Gasteiger partial charge is 0.151 e. The van der Waals surface area contributed by atoms with E-state index in [-0.39, 0.29) is 17.2 Å². The molecule has 1 aliphatic heterocycles. The molecule has 0 saturated carbocycles. The Kier molecular flexibility index (Phi) is 5.38. The second-order valence-electron chi connectivity index (χ2n) is 5.28. The van der Waals surface area contributed by atoms with Gasteiger partial charge in [-0.25, -0.2) is 4.39 Å². The molecule has 1 N–H and O–H groups in total. The molecule has 2 aromatic rings. The second kappa shape index (κ2) is 7.49. The summed E-state index contributed by atoms with van der Waals surface area (Å²) in [6.45, 7) is 2.07. The number of nitrogens with one attached hydrogen (secondary N) is 1. The van der Waals surface area contributed by atoms with Crippen LogP contribution in [0.2, 0.25) is 10.0 Å². The first-order chi connectivity index (χ1) is 11.1. The molecule has 1 heterocycles. The van der Waals surface area contributed by atoms with Crippen LogP contribution in [-0.2, 0) is 4.74 Å². The third-order valence-corrected chi connectivity index (χ3v) is 4.19. The second-order valence-corrected chi connectivity index (χ2v) is 6.12. The summed E-state index contributed by atoms with van der Waals surface area (Å²) in [5, 5.41) is 4.16. The molecule has 0 bridgehead atoms. The highest BCUT2D eigenvalue weighted by Gasteiger charge is 2.28. The van der Waals surface area contributed by atoms with Gasteiger partial charge in [0.05, 0.1) is 11.6 Å². The summed E-state index contributed by atoms with van der Waals surface area (Å²) in [6, 6.07) is 11.5. The van der Waals surface area contributed by atoms with Crippen molar-refractivity contribution in [2.24, 2.45) is 0 Å². The monoisotopic (exact) mass is 355 g/mol. The molecule has 1 aliphatic rings. The van der Waals surface area contributed by atoms with E-state index in [4.69, 9.17) is 32.7 Å². The predicted octanol–water partition coefficient (Wildman–Crippen LogP) is 4.24. The maximum atomic E-state index is 13.2. The zero-order valence-corrected chi connectivity index (χ0v) is 13.8. The average molecular weight is 356 g/mol. The molecular formula is C17H16Cl2FNO2. The lowest BCUT2D eigenvalue weighted by atomic mass is 10.0. The number of morpholine rings is 1. The minimum Gasteiger partial charge on any atom is -0.481 e. The van der Waals surface area contributed by atoms with Crippen LogP contribution in [-0.4, -0.2) is 25.8 Å².